The maximum absolute atomic E-state index is 13.9. The Kier molecular flexibility index (Phi) is 5.92. The van der Waals surface area contributed by atoms with E-state index in [1.165, 1.54) is 19.1 Å². The largest absolute Gasteiger partial charge is 0.389 e. The lowest BCUT2D eigenvalue weighted by Crippen LogP contribution is -2.25. The predicted molar refractivity (Wildman–Crippen MR) is 67.4 cm³/mol. The van der Waals surface area contributed by atoms with Crippen molar-refractivity contribution in [3.05, 3.63) is 34.9 Å². The minimum absolute atomic E-state index is 0.0502. The first-order valence-electron chi connectivity index (χ1n) is 6.51. The van der Waals surface area contributed by atoms with E-state index in [1.54, 1.807) is 0 Å². The lowest BCUT2D eigenvalue weighted by atomic mass is 9.99. The summed E-state index contributed by atoms with van der Waals surface area (Å²) in [6, 6.07) is 1.88. The van der Waals surface area contributed by atoms with Gasteiger partial charge in [-0.25, -0.2) is 8.78 Å². The zero-order valence-electron chi connectivity index (χ0n) is 11.5. The number of hydrogen-bond acceptors (Lipinski definition) is 1. The van der Waals surface area contributed by atoms with E-state index in [0.29, 0.717) is 13.0 Å². The molecule has 1 nitrogen and oxygen atoms in total. The molecule has 0 saturated carbocycles. The first-order chi connectivity index (χ1) is 9.26. The molecule has 0 aliphatic rings. The molecule has 0 saturated heterocycles. The number of alkyl halides is 3. The number of halogens is 5. The molecule has 0 bridgehead atoms. The van der Waals surface area contributed by atoms with Gasteiger partial charge >= 0.3 is 6.18 Å². The minimum Gasteiger partial charge on any atom is -0.310 e. The van der Waals surface area contributed by atoms with Crippen molar-refractivity contribution in [2.45, 2.75) is 45.3 Å². The number of benzene rings is 1. The Morgan fingerprint density at radius 1 is 1.15 bits per heavy atom. The number of nitrogens with one attached hydrogen (secondary N) is 1. The number of aryl methyl sites for hydroxylation is 1. The zero-order chi connectivity index (χ0) is 15.3. The fraction of sp³-hybridized carbons (Fsp3) is 0.571. The Morgan fingerprint density at radius 3 is 2.35 bits per heavy atom. The van der Waals surface area contributed by atoms with Crippen molar-refractivity contribution in [2.24, 2.45) is 0 Å². The molecule has 0 aliphatic carbocycles. The fourth-order valence-electron chi connectivity index (χ4n) is 1.92. The normalized spacial score (nSPS) is 13.6. The van der Waals surface area contributed by atoms with E-state index in [2.05, 4.69) is 5.32 Å². The van der Waals surface area contributed by atoms with Crippen molar-refractivity contribution in [1.29, 1.82) is 0 Å². The van der Waals surface area contributed by atoms with Gasteiger partial charge in [0.2, 0.25) is 0 Å². The van der Waals surface area contributed by atoms with Crippen LogP contribution in [-0.2, 0) is 0 Å². The van der Waals surface area contributed by atoms with Crippen LogP contribution >= 0.6 is 0 Å². The van der Waals surface area contributed by atoms with Crippen molar-refractivity contribution < 1.29 is 22.0 Å². The Hall–Kier alpha value is -1.17. The highest BCUT2D eigenvalue weighted by Crippen LogP contribution is 2.30. The zero-order valence-corrected chi connectivity index (χ0v) is 11.5. The van der Waals surface area contributed by atoms with Crippen LogP contribution in [-0.4, -0.2) is 12.7 Å². The molecule has 0 amide bonds. The highest BCUT2D eigenvalue weighted by molar-refractivity contribution is 5.28. The van der Waals surface area contributed by atoms with Gasteiger partial charge in [0, 0.05) is 18.0 Å². The van der Waals surface area contributed by atoms with E-state index in [0.717, 1.165) is 0 Å². The summed E-state index contributed by atoms with van der Waals surface area (Å²) in [4.78, 5) is 0. The smallest absolute Gasteiger partial charge is 0.310 e. The van der Waals surface area contributed by atoms with Crippen LogP contribution in [0.15, 0.2) is 12.1 Å². The van der Waals surface area contributed by atoms with Crippen molar-refractivity contribution >= 4 is 0 Å². The summed E-state index contributed by atoms with van der Waals surface area (Å²) in [7, 11) is 0. The Balaban J connectivity index is 2.95. The lowest BCUT2D eigenvalue weighted by molar-refractivity contribution is -0.136. The highest BCUT2D eigenvalue weighted by atomic mass is 19.4. The van der Waals surface area contributed by atoms with Crippen molar-refractivity contribution in [3.63, 3.8) is 0 Å². The van der Waals surface area contributed by atoms with E-state index >= 15 is 0 Å². The van der Waals surface area contributed by atoms with Gasteiger partial charge in [0.25, 0.3) is 0 Å². The summed E-state index contributed by atoms with van der Waals surface area (Å²) in [6.45, 7) is 3.70. The topological polar surface area (TPSA) is 12.0 Å². The molecule has 1 unspecified atom stereocenters. The minimum atomic E-state index is -4.31. The van der Waals surface area contributed by atoms with E-state index in [4.69, 9.17) is 0 Å². The molecular formula is C14H18F5N. The first kappa shape index (κ1) is 16.9. The Morgan fingerprint density at radius 2 is 1.80 bits per heavy atom. The third kappa shape index (κ3) is 4.74. The second-order valence-electron chi connectivity index (χ2n) is 4.76. The summed E-state index contributed by atoms with van der Waals surface area (Å²) in [5, 5.41) is 2.84. The quantitative estimate of drug-likeness (QED) is 0.753. The summed E-state index contributed by atoms with van der Waals surface area (Å²) in [5.74, 6) is -2.07. The lowest BCUT2D eigenvalue weighted by Gasteiger charge is -2.21. The van der Waals surface area contributed by atoms with Crippen LogP contribution in [0.2, 0.25) is 0 Å². The average Bonchev–Trinajstić information content (AvgIpc) is 2.36. The van der Waals surface area contributed by atoms with Gasteiger partial charge in [-0.3, -0.25) is 0 Å². The van der Waals surface area contributed by atoms with Gasteiger partial charge in [-0.1, -0.05) is 19.1 Å². The van der Waals surface area contributed by atoms with Crippen LogP contribution in [0.3, 0.4) is 0 Å². The molecule has 1 rings (SSSR count). The summed E-state index contributed by atoms with van der Waals surface area (Å²) in [6.07, 6.45) is -4.98. The maximum atomic E-state index is 13.9. The van der Waals surface area contributed by atoms with E-state index in [-0.39, 0.29) is 17.5 Å². The molecular weight excluding hydrogens is 277 g/mol. The molecule has 114 valence electrons. The Labute approximate surface area is 115 Å². The van der Waals surface area contributed by atoms with Gasteiger partial charge in [-0.05, 0) is 31.9 Å². The van der Waals surface area contributed by atoms with Crippen molar-refractivity contribution in [3.8, 4) is 0 Å². The van der Waals surface area contributed by atoms with Crippen LogP contribution in [0.25, 0.3) is 0 Å². The maximum Gasteiger partial charge on any atom is 0.389 e. The fourth-order valence-corrected chi connectivity index (χ4v) is 1.92. The molecule has 1 atom stereocenters. The van der Waals surface area contributed by atoms with Gasteiger partial charge < -0.3 is 5.32 Å². The number of hydrogen-bond donors (Lipinski definition) is 1. The van der Waals surface area contributed by atoms with Crippen molar-refractivity contribution in [2.75, 3.05) is 6.54 Å². The molecule has 1 N–H and O–H groups in total. The molecule has 0 radical (unpaired) electrons. The molecule has 1 aromatic rings. The molecule has 0 fully saturated rings. The third-order valence-electron chi connectivity index (χ3n) is 3.04. The number of rotatable bonds is 6. The van der Waals surface area contributed by atoms with E-state index in [9.17, 15) is 22.0 Å². The van der Waals surface area contributed by atoms with Gasteiger partial charge in [-0.15, -0.1) is 0 Å². The van der Waals surface area contributed by atoms with E-state index < -0.39 is 30.3 Å². The molecule has 20 heavy (non-hydrogen) atoms. The van der Waals surface area contributed by atoms with Gasteiger partial charge in [0.05, 0.1) is 0 Å². The molecule has 0 aliphatic heterocycles. The van der Waals surface area contributed by atoms with Crippen LogP contribution in [0.4, 0.5) is 22.0 Å². The van der Waals surface area contributed by atoms with E-state index in [1.807, 2.05) is 6.92 Å². The van der Waals surface area contributed by atoms with Crippen LogP contribution in [0.5, 0.6) is 0 Å². The molecule has 6 heteroatoms. The van der Waals surface area contributed by atoms with Gasteiger partial charge in [-0.2, -0.15) is 13.2 Å². The second kappa shape index (κ2) is 7.02. The predicted octanol–water partition coefficient (Wildman–Crippen LogP) is 4.66. The first-order valence-corrected chi connectivity index (χ1v) is 6.51. The molecule has 0 aromatic heterocycles. The average molecular weight is 295 g/mol. The standard InChI is InChI=1S/C14H18F5N/c1-3-8-20-11(6-7-14(17,18)19)10-5-4-9(2)12(15)13(10)16/h4-5,11,20H,3,6-8H2,1-2H3. The summed E-state index contributed by atoms with van der Waals surface area (Å²) < 4.78 is 64.3. The monoisotopic (exact) mass is 295 g/mol. The summed E-state index contributed by atoms with van der Waals surface area (Å²) >= 11 is 0. The Bertz CT molecular complexity index is 442. The van der Waals surface area contributed by atoms with Crippen LogP contribution in [0.1, 0.15) is 43.4 Å². The van der Waals surface area contributed by atoms with Crippen LogP contribution in [0, 0.1) is 18.6 Å². The van der Waals surface area contributed by atoms with Gasteiger partial charge in [0.15, 0.2) is 11.6 Å². The highest BCUT2D eigenvalue weighted by Gasteiger charge is 2.29. The second-order valence-corrected chi connectivity index (χ2v) is 4.76. The van der Waals surface area contributed by atoms with Crippen LogP contribution < -0.4 is 5.32 Å². The molecule has 0 heterocycles. The SMILES string of the molecule is CCCNC(CCC(F)(F)F)c1ccc(C)c(F)c1F. The van der Waals surface area contributed by atoms with Crippen molar-refractivity contribution in [1.82, 2.24) is 5.32 Å². The molecule has 1 aromatic carbocycles. The van der Waals surface area contributed by atoms with Gasteiger partial charge in [0.1, 0.15) is 0 Å². The molecule has 0 spiro atoms. The third-order valence-corrected chi connectivity index (χ3v) is 3.04. The summed E-state index contributed by atoms with van der Waals surface area (Å²) in [5.41, 5.74) is 0.0853.